The third-order valence-corrected chi connectivity index (χ3v) is 4.78. The number of rotatable bonds is 9. The molecule has 0 aliphatic heterocycles. The van der Waals surface area contributed by atoms with Gasteiger partial charge in [0.15, 0.2) is 5.69 Å². The minimum absolute atomic E-state index is 0.0342. The average molecular weight is 309 g/mol. The van der Waals surface area contributed by atoms with Crippen LogP contribution in [0.15, 0.2) is 10.6 Å². The van der Waals surface area contributed by atoms with Crippen LogP contribution in [-0.2, 0) is 6.42 Å². The Morgan fingerprint density at radius 2 is 2.14 bits per heavy atom. The molecule has 1 aromatic heterocycles. The maximum Gasteiger partial charge on any atom is 0.273 e. The topological polar surface area (TPSA) is 58.4 Å². The highest BCUT2D eigenvalue weighted by Crippen LogP contribution is 2.30. The monoisotopic (exact) mass is 309 g/mol. The smallest absolute Gasteiger partial charge is 0.273 e. The molecule has 1 aromatic rings. The fraction of sp³-hybridized carbons (Fsp3) is 0.765. The predicted octanol–water partition coefficient (Wildman–Crippen LogP) is 3.11. The van der Waals surface area contributed by atoms with Crippen LogP contribution in [0, 0.1) is 5.41 Å². The fourth-order valence-corrected chi connectivity index (χ4v) is 2.78. The largest absolute Gasteiger partial charge is 0.361 e. The molecule has 0 saturated heterocycles. The van der Waals surface area contributed by atoms with Gasteiger partial charge in [-0.2, -0.15) is 0 Å². The van der Waals surface area contributed by atoms with Crippen molar-refractivity contribution in [3.05, 3.63) is 17.5 Å². The average Bonchev–Trinajstić information content (AvgIpc) is 3.00. The van der Waals surface area contributed by atoms with E-state index < -0.39 is 0 Å². The summed E-state index contributed by atoms with van der Waals surface area (Å²) in [7, 11) is 2.13. The van der Waals surface area contributed by atoms with Crippen molar-refractivity contribution in [2.45, 2.75) is 59.9 Å². The summed E-state index contributed by atoms with van der Waals surface area (Å²) in [6.07, 6.45) is 2.90. The summed E-state index contributed by atoms with van der Waals surface area (Å²) in [4.78, 5) is 14.6. The maximum absolute atomic E-state index is 12.2. The number of aryl methyl sites for hydroxylation is 1. The first-order chi connectivity index (χ1) is 10.4. The summed E-state index contributed by atoms with van der Waals surface area (Å²) in [5.74, 6) is 0.581. The van der Waals surface area contributed by atoms with Gasteiger partial charge in [-0.1, -0.05) is 39.3 Å². The molecule has 0 fully saturated rings. The van der Waals surface area contributed by atoms with Gasteiger partial charge >= 0.3 is 0 Å². The number of nitrogens with one attached hydrogen (secondary N) is 1. The SMILES string of the molecule is CCCC(C)(CNC(=O)c1cc(CC)on1)C(C)N(C)CC. The van der Waals surface area contributed by atoms with Crippen molar-refractivity contribution in [1.29, 1.82) is 0 Å². The number of hydrogen-bond donors (Lipinski definition) is 1. The molecule has 0 bridgehead atoms. The van der Waals surface area contributed by atoms with Crippen molar-refractivity contribution < 1.29 is 9.32 Å². The highest BCUT2D eigenvalue weighted by molar-refractivity contribution is 5.92. The van der Waals surface area contributed by atoms with Crippen LogP contribution >= 0.6 is 0 Å². The Bertz CT molecular complexity index is 472. The van der Waals surface area contributed by atoms with Crippen molar-refractivity contribution in [3.63, 3.8) is 0 Å². The summed E-state index contributed by atoms with van der Waals surface area (Å²) in [5.41, 5.74) is 0.402. The quantitative estimate of drug-likeness (QED) is 0.761. The van der Waals surface area contributed by atoms with Crippen molar-refractivity contribution in [2.75, 3.05) is 20.1 Å². The molecule has 1 N–H and O–H groups in total. The van der Waals surface area contributed by atoms with Gasteiger partial charge in [-0.15, -0.1) is 0 Å². The predicted molar refractivity (Wildman–Crippen MR) is 89.0 cm³/mol. The third kappa shape index (κ3) is 4.57. The van der Waals surface area contributed by atoms with E-state index in [1.54, 1.807) is 6.07 Å². The highest BCUT2D eigenvalue weighted by Gasteiger charge is 2.33. The fourth-order valence-electron chi connectivity index (χ4n) is 2.78. The minimum atomic E-state index is -0.155. The minimum Gasteiger partial charge on any atom is -0.361 e. The lowest BCUT2D eigenvalue weighted by Gasteiger charge is -2.40. The van der Waals surface area contributed by atoms with Crippen LogP contribution in [0.5, 0.6) is 0 Å². The lowest BCUT2D eigenvalue weighted by Crippen LogP contribution is -2.49. The first-order valence-electron chi connectivity index (χ1n) is 8.31. The van der Waals surface area contributed by atoms with E-state index in [2.05, 4.69) is 50.1 Å². The molecule has 0 aliphatic rings. The molecule has 2 atom stereocenters. The van der Waals surface area contributed by atoms with Crippen LogP contribution in [0.4, 0.5) is 0 Å². The Morgan fingerprint density at radius 3 is 2.64 bits per heavy atom. The molecule has 5 nitrogen and oxygen atoms in total. The van der Waals surface area contributed by atoms with Crippen molar-refractivity contribution in [2.24, 2.45) is 5.41 Å². The zero-order valence-electron chi connectivity index (χ0n) is 14.9. The van der Waals surface area contributed by atoms with Crippen LogP contribution in [0.25, 0.3) is 0 Å². The zero-order valence-corrected chi connectivity index (χ0v) is 14.9. The number of amides is 1. The molecule has 0 aromatic carbocycles. The summed E-state index contributed by atoms with van der Waals surface area (Å²) < 4.78 is 5.10. The van der Waals surface area contributed by atoms with Gasteiger partial charge in [-0.05, 0) is 26.9 Å². The van der Waals surface area contributed by atoms with E-state index in [-0.39, 0.29) is 11.3 Å². The van der Waals surface area contributed by atoms with Crippen LogP contribution < -0.4 is 5.32 Å². The lowest BCUT2D eigenvalue weighted by molar-refractivity contribution is 0.0815. The summed E-state index contributed by atoms with van der Waals surface area (Å²) >= 11 is 0. The molecule has 126 valence electrons. The molecule has 0 radical (unpaired) electrons. The molecule has 0 spiro atoms. The van der Waals surface area contributed by atoms with Crippen LogP contribution in [0.1, 0.15) is 63.7 Å². The molecule has 22 heavy (non-hydrogen) atoms. The molecule has 0 aliphatic carbocycles. The Kier molecular flexibility index (Phi) is 7.07. The van der Waals surface area contributed by atoms with E-state index in [0.717, 1.165) is 31.6 Å². The van der Waals surface area contributed by atoms with E-state index in [9.17, 15) is 4.79 Å². The van der Waals surface area contributed by atoms with Crippen molar-refractivity contribution in [1.82, 2.24) is 15.4 Å². The number of carbonyl (C=O) groups excluding carboxylic acids is 1. The molecule has 1 rings (SSSR count). The van der Waals surface area contributed by atoms with Gasteiger partial charge in [-0.3, -0.25) is 4.79 Å². The van der Waals surface area contributed by atoms with E-state index in [1.807, 2.05) is 6.92 Å². The van der Waals surface area contributed by atoms with Crippen LogP contribution in [0.2, 0.25) is 0 Å². The number of carbonyl (C=O) groups is 1. The van der Waals surface area contributed by atoms with Crippen molar-refractivity contribution in [3.8, 4) is 0 Å². The second kappa shape index (κ2) is 8.32. The molecular weight excluding hydrogens is 278 g/mol. The van der Waals surface area contributed by atoms with E-state index in [0.29, 0.717) is 18.3 Å². The molecule has 0 saturated carbocycles. The second-order valence-electron chi connectivity index (χ2n) is 6.37. The molecule has 5 heteroatoms. The molecule has 1 heterocycles. The van der Waals surface area contributed by atoms with Gasteiger partial charge in [0, 0.05) is 30.5 Å². The maximum atomic E-state index is 12.2. The van der Waals surface area contributed by atoms with E-state index >= 15 is 0 Å². The number of hydrogen-bond acceptors (Lipinski definition) is 4. The van der Waals surface area contributed by atoms with Crippen molar-refractivity contribution >= 4 is 5.91 Å². The first kappa shape index (κ1) is 18.7. The van der Waals surface area contributed by atoms with Gasteiger partial charge in [0.1, 0.15) is 5.76 Å². The normalized spacial score (nSPS) is 15.6. The van der Waals surface area contributed by atoms with Gasteiger partial charge in [0.2, 0.25) is 0 Å². The molecular formula is C17H31N3O2. The second-order valence-corrected chi connectivity index (χ2v) is 6.37. The lowest BCUT2D eigenvalue weighted by atomic mass is 9.78. The molecule has 1 amide bonds. The standard InChI is InChI=1S/C17H31N3O2/c1-7-10-17(5,13(4)20(6)9-3)12-18-16(21)15-11-14(8-2)22-19-15/h11,13H,7-10,12H2,1-6H3,(H,18,21). The zero-order chi connectivity index (χ0) is 16.8. The van der Waals surface area contributed by atoms with Gasteiger partial charge in [0.25, 0.3) is 5.91 Å². The first-order valence-corrected chi connectivity index (χ1v) is 8.31. The third-order valence-electron chi connectivity index (χ3n) is 4.78. The van der Waals surface area contributed by atoms with Crippen LogP contribution in [-0.4, -0.2) is 42.1 Å². The van der Waals surface area contributed by atoms with E-state index in [4.69, 9.17) is 4.52 Å². The highest BCUT2D eigenvalue weighted by atomic mass is 16.5. The Hall–Kier alpha value is -1.36. The summed E-state index contributed by atoms with van der Waals surface area (Å²) in [6, 6.07) is 2.11. The van der Waals surface area contributed by atoms with Gasteiger partial charge < -0.3 is 14.7 Å². The Morgan fingerprint density at radius 1 is 1.45 bits per heavy atom. The van der Waals surface area contributed by atoms with Gasteiger partial charge in [0.05, 0.1) is 0 Å². The Balaban J connectivity index is 2.72. The van der Waals surface area contributed by atoms with E-state index in [1.165, 1.54) is 0 Å². The van der Waals surface area contributed by atoms with Crippen LogP contribution in [0.3, 0.4) is 0 Å². The Labute approximate surface area is 134 Å². The molecule has 2 unspecified atom stereocenters. The van der Waals surface area contributed by atoms with Gasteiger partial charge in [-0.25, -0.2) is 0 Å². The summed E-state index contributed by atoms with van der Waals surface area (Å²) in [6.45, 7) is 12.4. The number of aromatic nitrogens is 1. The number of nitrogens with zero attached hydrogens (tertiary/aromatic N) is 2. The summed E-state index contributed by atoms with van der Waals surface area (Å²) in [5, 5.41) is 6.87.